The fourth-order valence-electron chi connectivity index (χ4n) is 2.55. The second kappa shape index (κ2) is 7.61. The molecule has 1 aromatic heterocycles. The van der Waals surface area contributed by atoms with E-state index in [1.54, 1.807) is 17.0 Å². The molecule has 2 N–H and O–H groups in total. The summed E-state index contributed by atoms with van der Waals surface area (Å²) in [6.07, 6.45) is 2.87. The minimum atomic E-state index is -0.511. The number of rotatable bonds is 4. The number of hydrogen-bond donors (Lipinski definition) is 1. The number of aromatic nitrogens is 1. The Morgan fingerprint density at radius 2 is 2.00 bits per heavy atom. The Morgan fingerprint density at radius 3 is 2.58 bits per heavy atom. The van der Waals surface area contributed by atoms with E-state index in [1.807, 2.05) is 20.8 Å². The number of anilines is 1. The van der Waals surface area contributed by atoms with Crippen molar-refractivity contribution in [1.29, 1.82) is 0 Å². The number of pyridine rings is 1. The summed E-state index contributed by atoms with van der Waals surface area (Å²) in [6, 6.07) is 3.23. The standard InChI is InChI=1S/C17H25N3O4/c1-17(2,3)24-15(21)11-23-13-5-8-20(9-6-13)16(22)12-4-7-19-14(18)10-12/h4,7,10,13H,5-6,8-9,11H2,1-3H3,(H2,18,19). The highest BCUT2D eigenvalue weighted by Crippen LogP contribution is 2.17. The maximum atomic E-state index is 12.4. The van der Waals surface area contributed by atoms with Crippen molar-refractivity contribution in [2.75, 3.05) is 25.4 Å². The molecule has 132 valence electrons. The van der Waals surface area contributed by atoms with Crippen molar-refractivity contribution in [3.8, 4) is 0 Å². The summed E-state index contributed by atoms with van der Waals surface area (Å²) in [6.45, 7) is 6.57. The Balaban J connectivity index is 1.77. The summed E-state index contributed by atoms with van der Waals surface area (Å²) in [5.41, 5.74) is 5.64. The molecular weight excluding hydrogens is 310 g/mol. The van der Waals surface area contributed by atoms with Crippen LogP contribution in [0.25, 0.3) is 0 Å². The van der Waals surface area contributed by atoms with E-state index in [4.69, 9.17) is 15.2 Å². The van der Waals surface area contributed by atoms with Gasteiger partial charge in [0.2, 0.25) is 0 Å². The van der Waals surface area contributed by atoms with Crippen molar-refractivity contribution in [2.45, 2.75) is 45.3 Å². The zero-order chi connectivity index (χ0) is 17.7. The molecule has 1 aliphatic heterocycles. The van der Waals surface area contributed by atoms with Gasteiger partial charge in [-0.3, -0.25) is 4.79 Å². The first-order chi connectivity index (χ1) is 11.2. The van der Waals surface area contributed by atoms with E-state index in [9.17, 15) is 9.59 Å². The second-order valence-electron chi connectivity index (χ2n) is 6.86. The number of carbonyl (C=O) groups is 2. The minimum Gasteiger partial charge on any atom is -0.458 e. The van der Waals surface area contributed by atoms with Crippen molar-refractivity contribution in [3.05, 3.63) is 23.9 Å². The number of nitrogens with two attached hydrogens (primary N) is 1. The van der Waals surface area contributed by atoms with Gasteiger partial charge in [0.05, 0.1) is 6.10 Å². The third kappa shape index (κ3) is 5.49. The van der Waals surface area contributed by atoms with E-state index < -0.39 is 5.60 Å². The van der Waals surface area contributed by atoms with Crippen LogP contribution in [0.4, 0.5) is 5.82 Å². The van der Waals surface area contributed by atoms with Gasteiger partial charge in [0, 0.05) is 24.8 Å². The Hall–Kier alpha value is -2.15. The normalized spacial score (nSPS) is 16.0. The summed E-state index contributed by atoms with van der Waals surface area (Å²) in [7, 11) is 0. The maximum Gasteiger partial charge on any atom is 0.332 e. The van der Waals surface area contributed by atoms with Crippen LogP contribution in [0, 0.1) is 0 Å². The predicted molar refractivity (Wildman–Crippen MR) is 89.4 cm³/mol. The fourth-order valence-corrected chi connectivity index (χ4v) is 2.55. The van der Waals surface area contributed by atoms with Crippen LogP contribution in [0.15, 0.2) is 18.3 Å². The number of esters is 1. The van der Waals surface area contributed by atoms with Gasteiger partial charge in [0.1, 0.15) is 18.0 Å². The number of piperidine rings is 1. The van der Waals surface area contributed by atoms with E-state index in [2.05, 4.69) is 4.98 Å². The van der Waals surface area contributed by atoms with Gasteiger partial charge in [0.25, 0.3) is 5.91 Å². The summed E-state index contributed by atoms with van der Waals surface area (Å²) < 4.78 is 10.8. The molecule has 1 aromatic rings. The smallest absolute Gasteiger partial charge is 0.332 e. The van der Waals surface area contributed by atoms with E-state index in [1.165, 1.54) is 6.20 Å². The molecule has 0 unspecified atom stereocenters. The van der Waals surface area contributed by atoms with Gasteiger partial charge in [-0.1, -0.05) is 0 Å². The van der Waals surface area contributed by atoms with Crippen LogP contribution in [-0.2, 0) is 14.3 Å². The highest BCUT2D eigenvalue weighted by atomic mass is 16.6. The first-order valence-electron chi connectivity index (χ1n) is 8.09. The predicted octanol–water partition coefficient (Wildman–Crippen LogP) is 1.63. The molecule has 0 spiro atoms. The SMILES string of the molecule is CC(C)(C)OC(=O)COC1CCN(C(=O)c2ccnc(N)c2)CC1. The van der Waals surface area contributed by atoms with Gasteiger partial charge in [-0.25, -0.2) is 9.78 Å². The van der Waals surface area contributed by atoms with Gasteiger partial charge < -0.3 is 20.1 Å². The van der Waals surface area contributed by atoms with Gasteiger partial charge in [-0.05, 0) is 45.7 Å². The lowest BCUT2D eigenvalue weighted by atomic mass is 10.1. The number of carbonyl (C=O) groups excluding carboxylic acids is 2. The highest BCUT2D eigenvalue weighted by Gasteiger charge is 2.25. The van der Waals surface area contributed by atoms with Crippen LogP contribution in [0.3, 0.4) is 0 Å². The molecular formula is C17H25N3O4. The topological polar surface area (TPSA) is 94.8 Å². The Morgan fingerprint density at radius 1 is 1.33 bits per heavy atom. The molecule has 0 bridgehead atoms. The van der Waals surface area contributed by atoms with Crippen LogP contribution < -0.4 is 5.73 Å². The van der Waals surface area contributed by atoms with E-state index >= 15 is 0 Å². The second-order valence-corrected chi connectivity index (χ2v) is 6.86. The summed E-state index contributed by atoms with van der Waals surface area (Å²) in [5.74, 6) is -0.0978. The third-order valence-corrected chi connectivity index (χ3v) is 3.61. The van der Waals surface area contributed by atoms with Gasteiger partial charge >= 0.3 is 5.97 Å². The quantitative estimate of drug-likeness (QED) is 0.840. The number of amides is 1. The van der Waals surface area contributed by atoms with Crippen LogP contribution in [0.1, 0.15) is 44.0 Å². The van der Waals surface area contributed by atoms with E-state index in [0.717, 1.165) is 0 Å². The lowest BCUT2D eigenvalue weighted by molar-refractivity contribution is -0.163. The zero-order valence-corrected chi connectivity index (χ0v) is 14.4. The van der Waals surface area contributed by atoms with Gasteiger partial charge in [0.15, 0.2) is 0 Å². The van der Waals surface area contributed by atoms with E-state index in [0.29, 0.717) is 37.3 Å². The van der Waals surface area contributed by atoms with Crippen LogP contribution in [-0.4, -0.2) is 53.2 Å². The molecule has 1 amide bonds. The molecule has 0 saturated carbocycles. The Bertz CT molecular complexity index is 590. The largest absolute Gasteiger partial charge is 0.458 e. The first-order valence-corrected chi connectivity index (χ1v) is 8.09. The Labute approximate surface area is 142 Å². The average Bonchev–Trinajstić information content (AvgIpc) is 2.51. The molecule has 1 aliphatic rings. The van der Waals surface area contributed by atoms with Gasteiger partial charge in [-0.2, -0.15) is 0 Å². The maximum absolute atomic E-state index is 12.4. The number of hydrogen-bond acceptors (Lipinski definition) is 6. The van der Waals surface area contributed by atoms with Crippen LogP contribution >= 0.6 is 0 Å². The van der Waals surface area contributed by atoms with Gasteiger partial charge in [-0.15, -0.1) is 0 Å². The summed E-state index contributed by atoms with van der Waals surface area (Å²) in [5, 5.41) is 0. The van der Waals surface area contributed by atoms with Crippen molar-refractivity contribution in [1.82, 2.24) is 9.88 Å². The molecule has 0 radical (unpaired) electrons. The van der Waals surface area contributed by atoms with Crippen LogP contribution in [0.5, 0.6) is 0 Å². The highest BCUT2D eigenvalue weighted by molar-refractivity contribution is 5.94. The first kappa shape index (κ1) is 18.2. The average molecular weight is 335 g/mol. The van der Waals surface area contributed by atoms with Crippen molar-refractivity contribution in [3.63, 3.8) is 0 Å². The molecule has 0 aliphatic carbocycles. The van der Waals surface area contributed by atoms with Crippen molar-refractivity contribution >= 4 is 17.7 Å². The van der Waals surface area contributed by atoms with E-state index in [-0.39, 0.29) is 24.6 Å². The minimum absolute atomic E-state index is 0.0379. The summed E-state index contributed by atoms with van der Waals surface area (Å²) in [4.78, 5) is 29.7. The molecule has 24 heavy (non-hydrogen) atoms. The molecule has 2 rings (SSSR count). The molecule has 7 heteroatoms. The molecule has 0 atom stereocenters. The molecule has 0 aromatic carbocycles. The fraction of sp³-hybridized carbons (Fsp3) is 0.588. The van der Waals surface area contributed by atoms with Crippen molar-refractivity contribution < 1.29 is 19.1 Å². The number of ether oxygens (including phenoxy) is 2. The summed E-state index contributed by atoms with van der Waals surface area (Å²) >= 11 is 0. The lowest BCUT2D eigenvalue weighted by Crippen LogP contribution is -2.41. The molecule has 1 fully saturated rings. The number of nitrogen functional groups attached to an aromatic ring is 1. The van der Waals surface area contributed by atoms with Crippen molar-refractivity contribution in [2.24, 2.45) is 0 Å². The zero-order valence-electron chi connectivity index (χ0n) is 14.4. The molecule has 1 saturated heterocycles. The third-order valence-electron chi connectivity index (χ3n) is 3.61. The number of nitrogens with zero attached hydrogens (tertiary/aromatic N) is 2. The molecule has 2 heterocycles. The Kier molecular flexibility index (Phi) is 5.77. The van der Waals surface area contributed by atoms with Crippen LogP contribution in [0.2, 0.25) is 0 Å². The lowest BCUT2D eigenvalue weighted by Gasteiger charge is -2.32. The number of likely N-dealkylation sites (tertiary alicyclic amines) is 1. The monoisotopic (exact) mass is 335 g/mol. The molecule has 7 nitrogen and oxygen atoms in total.